The largest absolute Gasteiger partial charge is 0.493 e. The number of hydrogen-bond donors (Lipinski definition) is 2. The second-order valence-electron chi connectivity index (χ2n) is 9.50. The lowest BCUT2D eigenvalue weighted by atomic mass is 10.1. The number of amides is 2. The zero-order chi connectivity index (χ0) is 25.3. The molecule has 0 radical (unpaired) electrons. The fourth-order valence-electron chi connectivity index (χ4n) is 5.20. The van der Waals surface area contributed by atoms with Gasteiger partial charge in [0.05, 0.1) is 20.3 Å². The standard InChI is InChI=1S/C28H38N4O4/c1-35-25-13-8-12-22(26(25)36-2)20-31-15-7-6-14-29-27(33)24-18-23(19-30-24)32(17-9-16-31)28(34)21-10-4-3-5-11-21/h3-5,8,10-13,23-24,30H,6-7,9,14-20H2,1-2H3,(H,29,33)/t23-,24-/m0/s1. The van der Waals surface area contributed by atoms with Gasteiger partial charge in [-0.05, 0) is 50.4 Å². The highest BCUT2D eigenvalue weighted by Crippen LogP contribution is 2.31. The van der Waals surface area contributed by atoms with Crippen molar-refractivity contribution in [1.82, 2.24) is 20.4 Å². The van der Waals surface area contributed by atoms with E-state index >= 15 is 0 Å². The van der Waals surface area contributed by atoms with Crippen molar-refractivity contribution in [3.05, 3.63) is 59.7 Å². The predicted octanol–water partition coefficient (Wildman–Crippen LogP) is 2.68. The van der Waals surface area contributed by atoms with Crippen LogP contribution >= 0.6 is 0 Å². The van der Waals surface area contributed by atoms with E-state index in [-0.39, 0.29) is 23.9 Å². The first-order valence-corrected chi connectivity index (χ1v) is 12.9. The molecule has 2 amide bonds. The number of carbonyl (C=O) groups excluding carboxylic acids is 2. The van der Waals surface area contributed by atoms with Crippen LogP contribution in [0.25, 0.3) is 0 Å². The molecule has 0 unspecified atom stereocenters. The van der Waals surface area contributed by atoms with Crippen LogP contribution in [0.15, 0.2) is 48.5 Å². The van der Waals surface area contributed by atoms with Crippen LogP contribution in [0.3, 0.4) is 0 Å². The Labute approximate surface area is 213 Å². The molecule has 36 heavy (non-hydrogen) atoms. The Hall–Kier alpha value is -3.10. The van der Waals surface area contributed by atoms with Gasteiger partial charge >= 0.3 is 0 Å². The topological polar surface area (TPSA) is 83.1 Å². The predicted molar refractivity (Wildman–Crippen MR) is 139 cm³/mol. The third-order valence-corrected chi connectivity index (χ3v) is 7.10. The van der Waals surface area contributed by atoms with Gasteiger partial charge in [-0.25, -0.2) is 0 Å². The maximum absolute atomic E-state index is 13.5. The van der Waals surface area contributed by atoms with Crippen LogP contribution in [0.2, 0.25) is 0 Å². The fraction of sp³-hybridized carbons (Fsp3) is 0.500. The number of nitrogens with one attached hydrogen (secondary N) is 2. The van der Waals surface area contributed by atoms with Crippen molar-refractivity contribution in [1.29, 1.82) is 0 Å². The Morgan fingerprint density at radius 1 is 0.972 bits per heavy atom. The van der Waals surface area contributed by atoms with E-state index in [0.717, 1.165) is 56.0 Å². The van der Waals surface area contributed by atoms with E-state index in [0.29, 0.717) is 31.6 Å². The number of para-hydroxylation sites is 1. The number of fused-ring (bicyclic) bond motifs is 2. The van der Waals surface area contributed by atoms with E-state index in [9.17, 15) is 9.59 Å². The SMILES string of the molecule is COc1cccc(CN2CCCCNC(=O)[C@@H]3C[C@@H](CN3)N(C(=O)c3ccccc3)CCC2)c1OC. The van der Waals surface area contributed by atoms with Gasteiger partial charge in [0.2, 0.25) is 5.91 Å². The molecule has 2 aromatic carbocycles. The summed E-state index contributed by atoms with van der Waals surface area (Å²) in [4.78, 5) is 30.6. The fourth-order valence-corrected chi connectivity index (χ4v) is 5.20. The Morgan fingerprint density at radius 2 is 1.78 bits per heavy atom. The minimum absolute atomic E-state index is 0.0108. The summed E-state index contributed by atoms with van der Waals surface area (Å²) in [5.41, 5.74) is 1.76. The zero-order valence-electron chi connectivity index (χ0n) is 21.4. The summed E-state index contributed by atoms with van der Waals surface area (Å²) in [6, 6.07) is 15.1. The number of methoxy groups -OCH3 is 2. The maximum Gasteiger partial charge on any atom is 0.254 e. The van der Waals surface area contributed by atoms with E-state index in [4.69, 9.17) is 9.47 Å². The third-order valence-electron chi connectivity index (χ3n) is 7.10. The lowest BCUT2D eigenvalue weighted by Crippen LogP contribution is -2.43. The van der Waals surface area contributed by atoms with Crippen LogP contribution in [-0.2, 0) is 11.3 Å². The van der Waals surface area contributed by atoms with Gasteiger partial charge < -0.3 is 25.0 Å². The number of carbonyl (C=O) groups is 2. The van der Waals surface area contributed by atoms with Crippen molar-refractivity contribution in [3.8, 4) is 11.5 Å². The minimum Gasteiger partial charge on any atom is -0.493 e. The van der Waals surface area contributed by atoms with Crippen LogP contribution in [0.5, 0.6) is 11.5 Å². The Morgan fingerprint density at radius 3 is 2.56 bits per heavy atom. The summed E-state index contributed by atoms with van der Waals surface area (Å²) in [5, 5.41) is 6.41. The van der Waals surface area contributed by atoms with Gasteiger partial charge in [0.1, 0.15) is 0 Å². The zero-order valence-corrected chi connectivity index (χ0v) is 21.4. The average Bonchev–Trinajstić information content (AvgIpc) is 3.40. The lowest BCUT2D eigenvalue weighted by molar-refractivity contribution is -0.122. The highest BCUT2D eigenvalue weighted by atomic mass is 16.5. The normalized spacial score (nSPS) is 21.9. The van der Waals surface area contributed by atoms with Crippen molar-refractivity contribution >= 4 is 11.8 Å². The van der Waals surface area contributed by atoms with Crippen molar-refractivity contribution in [3.63, 3.8) is 0 Å². The summed E-state index contributed by atoms with van der Waals surface area (Å²) >= 11 is 0. The van der Waals surface area contributed by atoms with Crippen molar-refractivity contribution in [2.45, 2.75) is 44.3 Å². The second-order valence-corrected chi connectivity index (χ2v) is 9.50. The molecule has 0 spiro atoms. The molecule has 2 atom stereocenters. The lowest BCUT2D eigenvalue weighted by Gasteiger charge is -2.31. The number of hydrogen-bond acceptors (Lipinski definition) is 6. The molecule has 8 heteroatoms. The molecule has 2 aliphatic heterocycles. The average molecular weight is 495 g/mol. The van der Waals surface area contributed by atoms with E-state index in [1.807, 2.05) is 47.4 Å². The molecule has 2 aliphatic rings. The molecule has 2 N–H and O–H groups in total. The number of ether oxygens (including phenoxy) is 2. The Balaban J connectivity index is 1.52. The molecule has 2 aromatic rings. The molecule has 2 bridgehead atoms. The molecule has 2 heterocycles. The van der Waals surface area contributed by atoms with Crippen LogP contribution in [0.4, 0.5) is 0 Å². The monoisotopic (exact) mass is 494 g/mol. The third kappa shape index (κ3) is 6.36. The van der Waals surface area contributed by atoms with Crippen molar-refractivity contribution < 1.29 is 19.1 Å². The quantitative estimate of drug-likeness (QED) is 0.665. The van der Waals surface area contributed by atoms with E-state index < -0.39 is 0 Å². The molecule has 194 valence electrons. The summed E-state index contributed by atoms with van der Waals surface area (Å²) in [7, 11) is 3.32. The molecule has 0 saturated carbocycles. The molecule has 2 saturated heterocycles. The first kappa shape index (κ1) is 26.0. The van der Waals surface area contributed by atoms with Gasteiger partial charge in [0, 0.05) is 49.9 Å². The minimum atomic E-state index is -0.249. The van der Waals surface area contributed by atoms with Crippen LogP contribution in [0.1, 0.15) is 41.6 Å². The van der Waals surface area contributed by atoms with E-state index in [1.54, 1.807) is 14.2 Å². The van der Waals surface area contributed by atoms with Crippen LogP contribution in [-0.4, -0.2) is 80.6 Å². The highest BCUT2D eigenvalue weighted by molar-refractivity contribution is 5.94. The second kappa shape index (κ2) is 12.7. The Kier molecular flexibility index (Phi) is 9.19. The molecule has 0 aromatic heterocycles. The smallest absolute Gasteiger partial charge is 0.254 e. The van der Waals surface area contributed by atoms with Crippen molar-refractivity contribution in [2.24, 2.45) is 0 Å². The van der Waals surface area contributed by atoms with Gasteiger partial charge in [-0.1, -0.05) is 30.3 Å². The molecular weight excluding hydrogens is 456 g/mol. The van der Waals surface area contributed by atoms with Gasteiger partial charge in [0.15, 0.2) is 11.5 Å². The van der Waals surface area contributed by atoms with Crippen molar-refractivity contribution in [2.75, 3.05) is 46.9 Å². The van der Waals surface area contributed by atoms with Crippen LogP contribution in [0, 0.1) is 0 Å². The highest BCUT2D eigenvalue weighted by Gasteiger charge is 2.35. The van der Waals surface area contributed by atoms with E-state index in [1.165, 1.54) is 0 Å². The van der Waals surface area contributed by atoms with Gasteiger partial charge in [0.25, 0.3) is 5.91 Å². The van der Waals surface area contributed by atoms with Crippen LogP contribution < -0.4 is 20.1 Å². The number of benzene rings is 2. The summed E-state index contributed by atoms with van der Waals surface area (Å²) in [6.45, 7) is 4.40. The summed E-state index contributed by atoms with van der Waals surface area (Å²) in [5.74, 6) is 1.54. The summed E-state index contributed by atoms with van der Waals surface area (Å²) in [6.07, 6.45) is 3.37. The maximum atomic E-state index is 13.5. The number of nitrogens with zero attached hydrogens (tertiary/aromatic N) is 2. The van der Waals surface area contributed by atoms with E-state index in [2.05, 4.69) is 21.6 Å². The first-order chi connectivity index (χ1) is 17.6. The molecule has 8 nitrogen and oxygen atoms in total. The summed E-state index contributed by atoms with van der Waals surface area (Å²) < 4.78 is 11.2. The van der Waals surface area contributed by atoms with Gasteiger partial charge in [-0.2, -0.15) is 0 Å². The molecule has 4 rings (SSSR count). The molecular formula is C28H38N4O4. The molecule has 0 aliphatic carbocycles. The first-order valence-electron chi connectivity index (χ1n) is 12.9. The number of rotatable bonds is 5. The molecule has 2 fully saturated rings. The Bertz CT molecular complexity index is 1020. The van der Waals surface area contributed by atoms with Gasteiger partial charge in [-0.3, -0.25) is 14.5 Å². The van der Waals surface area contributed by atoms with Gasteiger partial charge in [-0.15, -0.1) is 0 Å².